The third-order valence-corrected chi connectivity index (χ3v) is 5.95. The van der Waals surface area contributed by atoms with Gasteiger partial charge in [-0.15, -0.1) is 0 Å². The highest BCUT2D eigenvalue weighted by Crippen LogP contribution is 2.39. The zero-order valence-corrected chi connectivity index (χ0v) is 20.6. The van der Waals surface area contributed by atoms with E-state index in [-0.39, 0.29) is 34.1 Å². The zero-order valence-electron chi connectivity index (χ0n) is 19.0. The van der Waals surface area contributed by atoms with Crippen molar-refractivity contribution in [1.82, 2.24) is 15.0 Å². The number of aliphatic imine (C=N–C) groups is 2. The molecule has 0 bridgehead atoms. The van der Waals surface area contributed by atoms with Crippen LogP contribution in [-0.4, -0.2) is 39.1 Å². The van der Waals surface area contributed by atoms with E-state index in [2.05, 4.69) is 46.0 Å². The molecule has 0 aliphatic heterocycles. The van der Waals surface area contributed by atoms with E-state index in [1.54, 1.807) is 6.92 Å². The van der Waals surface area contributed by atoms with Gasteiger partial charge in [0.05, 0.1) is 17.6 Å². The van der Waals surface area contributed by atoms with Crippen molar-refractivity contribution in [1.29, 1.82) is 5.41 Å². The molecule has 15 heteroatoms. The number of nitrogens with one attached hydrogen (secondary N) is 2. The third kappa shape index (κ3) is 6.04. The molecule has 0 aliphatic carbocycles. The fourth-order valence-corrected chi connectivity index (χ4v) is 4.23. The van der Waals surface area contributed by atoms with Crippen molar-refractivity contribution in [2.75, 3.05) is 0 Å². The van der Waals surface area contributed by atoms with E-state index in [1.807, 2.05) is 0 Å². The minimum Gasteiger partial charge on any atom is -0.382 e. The highest BCUT2D eigenvalue weighted by atomic mass is 79.9. The molecule has 194 valence electrons. The maximum atomic E-state index is 14.0. The lowest BCUT2D eigenvalue weighted by Crippen LogP contribution is -2.18. The molecule has 3 rings (SSSR count). The molecule has 0 radical (unpaired) electrons. The zero-order chi connectivity index (χ0) is 27.3. The van der Waals surface area contributed by atoms with Crippen LogP contribution in [0.4, 0.5) is 27.6 Å². The molecular weight excluding hydrogens is 565 g/mol. The fraction of sp³-hybridized carbons (Fsp3) is 0.182. The van der Waals surface area contributed by atoms with E-state index in [9.17, 15) is 22.0 Å². The Morgan fingerprint density at radius 2 is 1.92 bits per heavy atom. The Hall–Kier alpha value is -4.01. The van der Waals surface area contributed by atoms with Gasteiger partial charge in [0, 0.05) is 45.7 Å². The number of nitrogens with zero attached hydrogens (tertiary/aromatic N) is 5. The Morgan fingerprint density at radius 3 is 2.49 bits per heavy atom. The van der Waals surface area contributed by atoms with Gasteiger partial charge < -0.3 is 16.6 Å². The number of halogens is 6. The van der Waals surface area contributed by atoms with Crippen molar-refractivity contribution < 1.29 is 22.0 Å². The van der Waals surface area contributed by atoms with Crippen LogP contribution < -0.4 is 11.6 Å². The summed E-state index contributed by atoms with van der Waals surface area (Å²) in [5.41, 5.74) is 6.92. The van der Waals surface area contributed by atoms with Crippen molar-refractivity contribution in [2.24, 2.45) is 26.7 Å². The molecule has 1 atom stereocenters. The van der Waals surface area contributed by atoms with Gasteiger partial charge in [-0.1, -0.05) is 6.92 Å². The first-order valence-corrected chi connectivity index (χ1v) is 11.2. The molecule has 37 heavy (non-hydrogen) atoms. The molecule has 0 saturated heterocycles. The highest BCUT2D eigenvalue weighted by molar-refractivity contribution is 9.10. The minimum atomic E-state index is -4.73. The van der Waals surface area contributed by atoms with Gasteiger partial charge in [-0.3, -0.25) is 10.4 Å². The van der Waals surface area contributed by atoms with Crippen LogP contribution in [0.2, 0.25) is 0 Å². The number of aromatic nitrogens is 3. The van der Waals surface area contributed by atoms with Crippen LogP contribution in [0.25, 0.3) is 11.1 Å². The second-order valence-electron chi connectivity index (χ2n) is 7.41. The number of alkyl halides is 3. The molecule has 9 nitrogen and oxygen atoms in total. The summed E-state index contributed by atoms with van der Waals surface area (Å²) in [7, 11) is 0. The van der Waals surface area contributed by atoms with Crippen molar-refractivity contribution in [2.45, 2.75) is 25.4 Å². The Balaban J connectivity index is 2.12. The van der Waals surface area contributed by atoms with E-state index in [4.69, 9.17) is 17.0 Å². The number of H-pyrrole nitrogens is 1. The number of hydrogen-bond acceptors (Lipinski definition) is 6. The van der Waals surface area contributed by atoms with Crippen LogP contribution >= 0.6 is 15.9 Å². The summed E-state index contributed by atoms with van der Waals surface area (Å²) in [6.45, 7) is 1.79. The Morgan fingerprint density at radius 1 is 1.24 bits per heavy atom. The molecule has 3 aromatic rings. The first-order chi connectivity index (χ1) is 17.5. The number of benzene rings is 1. The van der Waals surface area contributed by atoms with E-state index in [0.717, 1.165) is 30.6 Å². The van der Waals surface area contributed by atoms with Gasteiger partial charge in [0.15, 0.2) is 0 Å². The highest BCUT2D eigenvalue weighted by Gasteiger charge is 2.35. The molecular formula is C22H19BrF5N9. The maximum absolute atomic E-state index is 14.0. The van der Waals surface area contributed by atoms with Gasteiger partial charge in [0.25, 0.3) is 0 Å². The second kappa shape index (κ2) is 11.4. The molecule has 2 heterocycles. The monoisotopic (exact) mass is 583 g/mol. The molecule has 0 spiro atoms. The fourth-order valence-electron chi connectivity index (χ4n) is 3.43. The van der Waals surface area contributed by atoms with E-state index >= 15 is 0 Å². The van der Waals surface area contributed by atoms with E-state index in [0.29, 0.717) is 22.9 Å². The van der Waals surface area contributed by atoms with Crippen LogP contribution in [-0.2, 0) is 6.18 Å². The van der Waals surface area contributed by atoms with Crippen molar-refractivity contribution in [3.05, 3.63) is 63.9 Å². The van der Waals surface area contributed by atoms with Crippen molar-refractivity contribution in [3.8, 4) is 11.1 Å². The van der Waals surface area contributed by atoms with Crippen molar-refractivity contribution in [3.63, 3.8) is 0 Å². The van der Waals surface area contributed by atoms with Crippen LogP contribution in [0.3, 0.4) is 0 Å². The third-order valence-electron chi connectivity index (χ3n) is 5.13. The molecule has 0 aliphatic rings. The van der Waals surface area contributed by atoms with Gasteiger partial charge in [-0.05, 0) is 34.5 Å². The molecule has 2 aromatic heterocycles. The Bertz CT molecular complexity index is 1380. The molecule has 6 N–H and O–H groups in total. The van der Waals surface area contributed by atoms with E-state index < -0.39 is 29.6 Å². The van der Waals surface area contributed by atoms with Crippen LogP contribution in [0.5, 0.6) is 0 Å². The van der Waals surface area contributed by atoms with Gasteiger partial charge in [0.2, 0.25) is 5.82 Å². The Labute approximate surface area is 215 Å². The molecule has 1 unspecified atom stereocenters. The van der Waals surface area contributed by atoms with Crippen LogP contribution in [0.1, 0.15) is 36.5 Å². The second-order valence-corrected chi connectivity index (χ2v) is 8.20. The first kappa shape index (κ1) is 27.6. The summed E-state index contributed by atoms with van der Waals surface area (Å²) in [5.74, 6) is 2.05. The maximum Gasteiger partial charge on any atom is 0.451 e. The minimum absolute atomic E-state index is 0.145. The lowest BCUT2D eigenvalue weighted by Gasteiger charge is -2.14. The number of amidine groups is 1. The SMILES string of the molecule is CCC(C(C=Nc1cc(F)ccc1F)=NN)c1[nH]c(C(N)=NC=N)c(-c2cnc(C(F)(F)F)nc2)c1Br. The number of hydrazone groups is 1. The summed E-state index contributed by atoms with van der Waals surface area (Å²) in [6, 6.07) is 2.78. The quantitative estimate of drug-likeness (QED) is 0.0962. The average molecular weight is 584 g/mol. The van der Waals surface area contributed by atoms with Crippen LogP contribution in [0, 0.1) is 17.0 Å². The van der Waals surface area contributed by atoms with Gasteiger partial charge in [-0.2, -0.15) is 18.3 Å². The number of nitrogens with two attached hydrogens (primary N) is 2. The topological polar surface area (TPSA) is 155 Å². The number of rotatable bonds is 8. The summed E-state index contributed by atoms with van der Waals surface area (Å²) < 4.78 is 66.7. The van der Waals surface area contributed by atoms with Gasteiger partial charge in [0.1, 0.15) is 29.5 Å². The van der Waals surface area contributed by atoms with Crippen LogP contribution in [0.15, 0.2) is 50.2 Å². The number of aromatic amines is 1. The average Bonchev–Trinajstić information content (AvgIpc) is 3.20. The predicted molar refractivity (Wildman–Crippen MR) is 133 cm³/mol. The first-order valence-electron chi connectivity index (χ1n) is 10.4. The lowest BCUT2D eigenvalue weighted by atomic mass is 9.96. The predicted octanol–water partition coefficient (Wildman–Crippen LogP) is 5.05. The molecule has 0 saturated carbocycles. The standard InChI is InChI=1S/C22H19BrF5N9/c1-2-12(15(37-31)8-32-14-5-11(24)3-4-13(14)25)18-17(23)16(19(36-18)20(30)35-9-29)10-6-33-21(34-7-10)22(26,27)28/h3-9,12,36H,2,31H2,1H3,(H3,29,30,35). The Kier molecular flexibility index (Phi) is 8.47. The van der Waals surface area contributed by atoms with Gasteiger partial charge >= 0.3 is 6.18 Å². The molecule has 0 amide bonds. The van der Waals surface area contributed by atoms with Crippen molar-refractivity contribution >= 4 is 45.7 Å². The normalized spacial score (nSPS) is 13.8. The number of hydrogen-bond donors (Lipinski definition) is 4. The summed E-state index contributed by atoms with van der Waals surface area (Å²) in [5, 5.41) is 11.0. The summed E-state index contributed by atoms with van der Waals surface area (Å²) >= 11 is 3.45. The summed E-state index contributed by atoms with van der Waals surface area (Å²) in [4.78, 5) is 17.5. The van der Waals surface area contributed by atoms with Gasteiger partial charge in [-0.25, -0.2) is 23.7 Å². The largest absolute Gasteiger partial charge is 0.451 e. The smallest absolute Gasteiger partial charge is 0.382 e. The summed E-state index contributed by atoms with van der Waals surface area (Å²) in [6.07, 6.45) is -0.542. The lowest BCUT2D eigenvalue weighted by molar-refractivity contribution is -0.144. The molecule has 1 aromatic carbocycles. The molecule has 0 fully saturated rings. The van der Waals surface area contributed by atoms with E-state index in [1.165, 1.54) is 6.21 Å².